The second-order valence-electron chi connectivity index (χ2n) is 4.09. The average molecular weight is 267 g/mol. The molecule has 0 spiro atoms. The summed E-state index contributed by atoms with van der Waals surface area (Å²) in [4.78, 5) is 3.84. The minimum absolute atomic E-state index is 0.0780. The molecule has 0 unspecified atom stereocenters. The van der Waals surface area contributed by atoms with Crippen LogP contribution in [0.2, 0.25) is 0 Å². The van der Waals surface area contributed by atoms with Gasteiger partial charge in [-0.1, -0.05) is 30.3 Å². The summed E-state index contributed by atoms with van der Waals surface area (Å²) in [7, 11) is 0. The van der Waals surface area contributed by atoms with Crippen LogP contribution in [0.15, 0.2) is 42.6 Å². The zero-order valence-corrected chi connectivity index (χ0v) is 10.2. The first-order valence-corrected chi connectivity index (χ1v) is 5.67. The summed E-state index contributed by atoms with van der Waals surface area (Å²) in [6.07, 6.45) is -3.33. The molecular weight excluding hydrogens is 255 g/mol. The number of halogens is 3. The number of aromatic nitrogens is 1. The maximum absolute atomic E-state index is 12.8. The van der Waals surface area contributed by atoms with Gasteiger partial charge in [-0.25, -0.2) is 0 Å². The van der Waals surface area contributed by atoms with Gasteiger partial charge >= 0.3 is 6.18 Å². The molecule has 0 radical (unpaired) electrons. The van der Waals surface area contributed by atoms with Crippen LogP contribution in [-0.4, -0.2) is 4.98 Å². The Hall–Kier alpha value is -2.04. The lowest BCUT2D eigenvalue weighted by Crippen LogP contribution is -2.10. The lowest BCUT2D eigenvalue weighted by atomic mass is 10.2. The normalized spacial score (nSPS) is 11.4. The molecule has 0 aliphatic rings. The summed E-state index contributed by atoms with van der Waals surface area (Å²) < 4.78 is 43.8. The molecule has 0 saturated carbocycles. The highest BCUT2D eigenvalue weighted by molar-refractivity contribution is 5.35. The highest BCUT2D eigenvalue weighted by atomic mass is 19.4. The van der Waals surface area contributed by atoms with Crippen molar-refractivity contribution in [2.45, 2.75) is 19.7 Å². The summed E-state index contributed by atoms with van der Waals surface area (Å²) in [5.41, 5.74) is 0.312. The van der Waals surface area contributed by atoms with Crippen molar-refractivity contribution in [1.29, 1.82) is 0 Å². The Morgan fingerprint density at radius 3 is 2.47 bits per heavy atom. The van der Waals surface area contributed by atoms with Crippen molar-refractivity contribution in [3.05, 3.63) is 59.4 Å². The molecule has 0 aliphatic carbocycles. The van der Waals surface area contributed by atoms with Gasteiger partial charge in [0.1, 0.15) is 17.9 Å². The van der Waals surface area contributed by atoms with E-state index in [1.165, 1.54) is 6.92 Å². The molecule has 19 heavy (non-hydrogen) atoms. The minimum Gasteiger partial charge on any atom is -0.487 e. The molecule has 0 N–H and O–H groups in total. The van der Waals surface area contributed by atoms with E-state index in [-0.39, 0.29) is 12.4 Å². The third-order valence-corrected chi connectivity index (χ3v) is 2.55. The van der Waals surface area contributed by atoms with Crippen LogP contribution in [0.3, 0.4) is 0 Å². The molecule has 0 aliphatic heterocycles. The number of benzene rings is 1. The van der Waals surface area contributed by atoms with E-state index < -0.39 is 11.7 Å². The largest absolute Gasteiger partial charge is 0.487 e. The van der Waals surface area contributed by atoms with Crippen LogP contribution in [0.4, 0.5) is 13.2 Å². The van der Waals surface area contributed by atoms with Gasteiger partial charge in [-0.05, 0) is 18.6 Å². The van der Waals surface area contributed by atoms with E-state index in [1.54, 1.807) is 24.3 Å². The molecule has 2 nitrogen and oxygen atoms in total. The number of hydrogen-bond donors (Lipinski definition) is 0. The van der Waals surface area contributed by atoms with Gasteiger partial charge in [0.25, 0.3) is 0 Å². The van der Waals surface area contributed by atoms with E-state index in [0.717, 1.165) is 17.8 Å². The monoisotopic (exact) mass is 267 g/mol. The molecule has 0 bridgehead atoms. The van der Waals surface area contributed by atoms with Crippen molar-refractivity contribution in [1.82, 2.24) is 4.98 Å². The van der Waals surface area contributed by atoms with Crippen molar-refractivity contribution in [2.75, 3.05) is 0 Å². The third-order valence-electron chi connectivity index (χ3n) is 2.55. The third kappa shape index (κ3) is 3.47. The molecular formula is C14H12F3NO. The fourth-order valence-corrected chi connectivity index (χ4v) is 1.62. The number of ether oxygens (including phenoxy) is 1. The molecule has 1 heterocycles. The van der Waals surface area contributed by atoms with Gasteiger partial charge in [0, 0.05) is 5.69 Å². The molecule has 0 amide bonds. The zero-order valence-electron chi connectivity index (χ0n) is 10.2. The summed E-state index contributed by atoms with van der Waals surface area (Å²) in [6, 6.07) is 10.00. The summed E-state index contributed by atoms with van der Waals surface area (Å²) in [5.74, 6) is -0.248. The maximum Gasteiger partial charge on any atom is 0.420 e. The molecule has 0 fully saturated rings. The number of aryl methyl sites for hydroxylation is 1. The van der Waals surface area contributed by atoms with E-state index in [0.29, 0.717) is 5.69 Å². The molecule has 100 valence electrons. The van der Waals surface area contributed by atoms with Crippen LogP contribution in [0.1, 0.15) is 16.8 Å². The summed E-state index contributed by atoms with van der Waals surface area (Å²) in [6.45, 7) is 1.59. The van der Waals surface area contributed by atoms with Gasteiger partial charge < -0.3 is 4.74 Å². The molecule has 2 aromatic rings. The van der Waals surface area contributed by atoms with Crippen LogP contribution < -0.4 is 4.74 Å². The van der Waals surface area contributed by atoms with E-state index in [2.05, 4.69) is 4.98 Å². The lowest BCUT2D eigenvalue weighted by molar-refractivity contribution is -0.139. The quantitative estimate of drug-likeness (QED) is 0.839. The fraction of sp³-hybridized carbons (Fsp3) is 0.214. The van der Waals surface area contributed by atoms with Crippen LogP contribution in [0, 0.1) is 6.92 Å². The summed E-state index contributed by atoms with van der Waals surface area (Å²) >= 11 is 0. The minimum atomic E-state index is -4.44. The average Bonchev–Trinajstić information content (AvgIpc) is 2.37. The number of rotatable bonds is 3. The fourth-order valence-electron chi connectivity index (χ4n) is 1.62. The Balaban J connectivity index is 2.21. The van der Waals surface area contributed by atoms with E-state index in [4.69, 9.17) is 4.74 Å². The predicted molar refractivity (Wildman–Crippen MR) is 64.8 cm³/mol. The molecule has 1 aromatic heterocycles. The van der Waals surface area contributed by atoms with Gasteiger partial charge in [-0.2, -0.15) is 13.2 Å². The molecule has 1 aromatic carbocycles. The number of alkyl halides is 3. The zero-order chi connectivity index (χ0) is 13.9. The van der Waals surface area contributed by atoms with E-state index in [9.17, 15) is 13.2 Å². The molecule has 0 atom stereocenters. The molecule has 2 rings (SSSR count). The predicted octanol–water partition coefficient (Wildman–Crippen LogP) is 3.99. The topological polar surface area (TPSA) is 22.1 Å². The van der Waals surface area contributed by atoms with Crippen molar-refractivity contribution in [3.63, 3.8) is 0 Å². The van der Waals surface area contributed by atoms with Crippen LogP contribution in [0.25, 0.3) is 0 Å². The highest BCUT2D eigenvalue weighted by Crippen LogP contribution is 2.36. The van der Waals surface area contributed by atoms with Gasteiger partial charge in [-0.15, -0.1) is 0 Å². The smallest absolute Gasteiger partial charge is 0.420 e. The standard InChI is InChI=1S/C14H12F3NO/c1-10-7-12(14(15,16)17)13(8-18-10)19-9-11-5-3-2-4-6-11/h2-8H,9H2,1H3. The van der Waals surface area contributed by atoms with Gasteiger partial charge in [-0.3, -0.25) is 4.98 Å². The second kappa shape index (κ2) is 5.30. The first-order chi connectivity index (χ1) is 8.97. The van der Waals surface area contributed by atoms with Crippen molar-refractivity contribution >= 4 is 0 Å². The number of pyridine rings is 1. The molecule has 5 heteroatoms. The van der Waals surface area contributed by atoms with Crippen molar-refractivity contribution in [2.24, 2.45) is 0 Å². The van der Waals surface area contributed by atoms with Crippen LogP contribution in [0.5, 0.6) is 5.75 Å². The lowest BCUT2D eigenvalue weighted by Gasteiger charge is -2.14. The number of hydrogen-bond acceptors (Lipinski definition) is 2. The Bertz CT molecular complexity index is 552. The Morgan fingerprint density at radius 1 is 1.16 bits per heavy atom. The Labute approximate surface area is 108 Å². The number of nitrogens with zero attached hydrogens (tertiary/aromatic N) is 1. The van der Waals surface area contributed by atoms with Gasteiger partial charge in [0.15, 0.2) is 0 Å². The Morgan fingerprint density at radius 2 is 1.84 bits per heavy atom. The first-order valence-electron chi connectivity index (χ1n) is 5.67. The van der Waals surface area contributed by atoms with E-state index >= 15 is 0 Å². The highest BCUT2D eigenvalue weighted by Gasteiger charge is 2.34. The maximum atomic E-state index is 12.8. The van der Waals surface area contributed by atoms with Crippen molar-refractivity contribution in [3.8, 4) is 5.75 Å². The van der Waals surface area contributed by atoms with Crippen LogP contribution in [-0.2, 0) is 12.8 Å². The SMILES string of the molecule is Cc1cc(C(F)(F)F)c(OCc2ccccc2)cn1. The van der Waals surface area contributed by atoms with E-state index in [1.807, 2.05) is 6.07 Å². The first kappa shape index (κ1) is 13.4. The molecule has 0 saturated heterocycles. The van der Waals surface area contributed by atoms with Crippen molar-refractivity contribution < 1.29 is 17.9 Å². The van der Waals surface area contributed by atoms with Crippen LogP contribution >= 0.6 is 0 Å². The van der Waals surface area contributed by atoms with Gasteiger partial charge in [0.2, 0.25) is 0 Å². The van der Waals surface area contributed by atoms with Gasteiger partial charge in [0.05, 0.1) is 6.20 Å². The summed E-state index contributed by atoms with van der Waals surface area (Å²) in [5, 5.41) is 0. The second-order valence-corrected chi connectivity index (χ2v) is 4.09. The Kier molecular flexibility index (Phi) is 3.74.